The maximum Gasteiger partial charge on any atom is 0.228 e. The molecule has 0 aliphatic heterocycles. The number of rotatable bonds is 4. The molecule has 10 nitrogen and oxygen atoms in total. The number of nitrogens with zero attached hydrogens (tertiary/aromatic N) is 6. The zero-order chi connectivity index (χ0) is 26.9. The van der Waals surface area contributed by atoms with Crippen LogP contribution in [0, 0.1) is 0 Å². The normalized spacial score (nSPS) is 11.9. The molecule has 0 unspecified atom stereocenters. The molecule has 0 aliphatic rings. The predicted octanol–water partition coefficient (Wildman–Crippen LogP) is 7.51. The minimum Gasteiger partial charge on any atom is -0.436 e. The Morgan fingerprint density at radius 2 is 1.44 bits per heavy atom. The molecule has 0 aliphatic carbocycles. The Kier molecular flexibility index (Phi) is 4.55. The Morgan fingerprint density at radius 1 is 0.659 bits per heavy atom. The fraction of sp³-hybridized carbons (Fsp3) is 0. The average Bonchev–Trinajstić information content (AvgIpc) is 3.84. The van der Waals surface area contributed by atoms with E-state index in [1.54, 1.807) is 0 Å². The van der Waals surface area contributed by atoms with Crippen LogP contribution in [0.25, 0.3) is 89.5 Å². The van der Waals surface area contributed by atoms with E-state index in [-0.39, 0.29) is 0 Å². The zero-order valence-electron chi connectivity index (χ0n) is 20.9. The number of aromatic amines is 1. The first-order valence-corrected chi connectivity index (χ1v) is 13.6. The van der Waals surface area contributed by atoms with Crippen LogP contribution in [0.4, 0.5) is 0 Å². The number of para-hydroxylation sites is 5. The molecule has 5 heterocycles. The van der Waals surface area contributed by atoms with Crippen molar-refractivity contribution in [1.29, 1.82) is 0 Å². The van der Waals surface area contributed by atoms with E-state index in [0.717, 1.165) is 16.4 Å². The summed E-state index contributed by atoms with van der Waals surface area (Å²) in [6, 6.07) is 25.1. The smallest absolute Gasteiger partial charge is 0.228 e. The molecule has 0 saturated carbocycles. The molecule has 0 bridgehead atoms. The lowest BCUT2D eigenvalue weighted by molar-refractivity contribution is 0.315. The summed E-state index contributed by atoms with van der Waals surface area (Å²) in [5.41, 5.74) is 8.50. The number of H-pyrrole nitrogens is 1. The van der Waals surface area contributed by atoms with Gasteiger partial charge in [-0.05, 0) is 64.3 Å². The van der Waals surface area contributed by atoms with Crippen LogP contribution in [0.5, 0.6) is 0 Å². The third kappa shape index (κ3) is 3.23. The fourth-order valence-corrected chi connectivity index (χ4v) is 5.91. The largest absolute Gasteiger partial charge is 0.436 e. The number of imidazole rings is 1. The van der Waals surface area contributed by atoms with Crippen molar-refractivity contribution in [2.75, 3.05) is 0 Å². The fourth-order valence-electron chi connectivity index (χ4n) is 5.39. The van der Waals surface area contributed by atoms with Crippen molar-refractivity contribution in [2.45, 2.75) is 0 Å². The van der Waals surface area contributed by atoms with Gasteiger partial charge in [0.1, 0.15) is 28.1 Å². The van der Waals surface area contributed by atoms with Gasteiger partial charge in [-0.25, -0.2) is 14.6 Å². The number of hydrogen-bond donors (Lipinski definition) is 1. The topological polar surface area (TPSA) is 133 Å². The van der Waals surface area contributed by atoms with E-state index in [1.165, 1.54) is 11.5 Å². The van der Waals surface area contributed by atoms with Crippen LogP contribution in [0.3, 0.4) is 0 Å². The van der Waals surface area contributed by atoms with E-state index < -0.39 is 0 Å². The Hall–Kier alpha value is -5.68. The minimum absolute atomic E-state index is 0.374. The van der Waals surface area contributed by atoms with Crippen molar-refractivity contribution >= 4 is 55.7 Å². The SMILES string of the molecule is c1ccc2[nH]c(-c3c(-c4noc5ccccc45)c(-c4nc5ccccc5o4)c(-c4ccsn4)c4nonc34)nc2c1. The quantitative estimate of drug-likeness (QED) is 0.235. The van der Waals surface area contributed by atoms with Crippen molar-refractivity contribution in [2.24, 2.45) is 0 Å². The molecular formula is C30H15N7O3S. The average molecular weight is 554 g/mol. The Bertz CT molecular complexity index is 2330. The van der Waals surface area contributed by atoms with E-state index in [1.807, 2.05) is 84.2 Å². The maximum atomic E-state index is 6.42. The van der Waals surface area contributed by atoms with Crippen molar-refractivity contribution in [1.82, 2.24) is 34.8 Å². The van der Waals surface area contributed by atoms with Gasteiger partial charge in [0.15, 0.2) is 11.2 Å². The number of benzene rings is 4. The van der Waals surface area contributed by atoms with Gasteiger partial charge >= 0.3 is 0 Å². The maximum absolute atomic E-state index is 6.42. The Balaban J connectivity index is 1.53. The molecule has 0 radical (unpaired) electrons. The first-order valence-electron chi connectivity index (χ1n) is 12.7. The van der Waals surface area contributed by atoms with Crippen LogP contribution in [0.1, 0.15) is 0 Å². The second kappa shape index (κ2) is 8.41. The molecule has 9 aromatic rings. The summed E-state index contributed by atoms with van der Waals surface area (Å²) >= 11 is 1.33. The standard InChI is InChI=1S/C30H15N7O3S/c1-5-11-20-15(7-1)26(34-39-20)23-24(30-33-18-10-4-6-12-21(18)38-30)22(19-13-14-41-37-19)27-28(36-40-35-27)25(23)29-31-16-8-2-3-9-17(16)32-29/h1-14H,(H,31,32). The number of fused-ring (bicyclic) bond motifs is 4. The summed E-state index contributed by atoms with van der Waals surface area (Å²) in [5.74, 6) is 0.940. The van der Waals surface area contributed by atoms with E-state index in [9.17, 15) is 0 Å². The third-order valence-electron chi connectivity index (χ3n) is 7.15. The molecule has 0 spiro atoms. The van der Waals surface area contributed by atoms with Gasteiger partial charge in [0.2, 0.25) is 5.89 Å². The molecule has 0 amide bonds. The molecule has 0 atom stereocenters. The highest BCUT2D eigenvalue weighted by Crippen LogP contribution is 2.50. The number of oxazole rings is 1. The van der Waals surface area contributed by atoms with Crippen molar-refractivity contribution in [3.05, 3.63) is 84.2 Å². The number of hydrogen-bond acceptors (Lipinski definition) is 10. The van der Waals surface area contributed by atoms with Gasteiger partial charge in [-0.1, -0.05) is 41.6 Å². The summed E-state index contributed by atoms with van der Waals surface area (Å²) in [5, 5.41) is 16.0. The highest BCUT2D eigenvalue weighted by atomic mass is 32.1. The van der Waals surface area contributed by atoms with Crippen molar-refractivity contribution < 1.29 is 13.6 Å². The molecule has 4 aromatic carbocycles. The Labute approximate surface area is 233 Å². The lowest BCUT2D eigenvalue weighted by atomic mass is 9.88. The predicted molar refractivity (Wildman–Crippen MR) is 154 cm³/mol. The van der Waals surface area contributed by atoms with Crippen molar-refractivity contribution in [3.63, 3.8) is 0 Å². The van der Waals surface area contributed by atoms with Crippen LogP contribution >= 0.6 is 11.5 Å². The summed E-state index contributed by atoms with van der Waals surface area (Å²) in [7, 11) is 0. The lowest BCUT2D eigenvalue weighted by Crippen LogP contribution is -1.99. The van der Waals surface area contributed by atoms with Crippen molar-refractivity contribution in [3.8, 4) is 45.4 Å². The van der Waals surface area contributed by atoms with E-state index in [0.29, 0.717) is 73.1 Å². The zero-order valence-corrected chi connectivity index (χ0v) is 21.7. The highest BCUT2D eigenvalue weighted by Gasteiger charge is 2.33. The highest BCUT2D eigenvalue weighted by molar-refractivity contribution is 7.03. The number of aromatic nitrogens is 7. The van der Waals surface area contributed by atoms with Crippen LogP contribution in [0.15, 0.2) is 97.8 Å². The second-order valence-corrected chi connectivity index (χ2v) is 10.1. The van der Waals surface area contributed by atoms with E-state index >= 15 is 0 Å². The van der Waals surface area contributed by atoms with Gasteiger partial charge in [0.25, 0.3) is 0 Å². The summed E-state index contributed by atoms with van der Waals surface area (Å²) in [6.45, 7) is 0. The summed E-state index contributed by atoms with van der Waals surface area (Å²) in [6.07, 6.45) is 0. The lowest BCUT2D eigenvalue weighted by Gasteiger charge is -2.14. The third-order valence-corrected chi connectivity index (χ3v) is 7.71. The summed E-state index contributed by atoms with van der Waals surface area (Å²) in [4.78, 5) is 13.3. The summed E-state index contributed by atoms with van der Waals surface area (Å²) < 4.78 is 22.3. The van der Waals surface area contributed by atoms with E-state index in [4.69, 9.17) is 23.5 Å². The molecule has 1 N–H and O–H groups in total. The first-order chi connectivity index (χ1) is 20.3. The minimum atomic E-state index is 0.374. The van der Waals surface area contributed by atoms with Crippen LogP contribution < -0.4 is 0 Å². The second-order valence-electron chi connectivity index (χ2n) is 9.46. The van der Waals surface area contributed by atoms with Gasteiger partial charge in [-0.15, -0.1) is 0 Å². The van der Waals surface area contributed by atoms with Gasteiger partial charge in [-0.2, -0.15) is 4.37 Å². The van der Waals surface area contributed by atoms with Gasteiger partial charge < -0.3 is 13.9 Å². The van der Waals surface area contributed by atoms with Crippen LogP contribution in [-0.2, 0) is 0 Å². The van der Waals surface area contributed by atoms with Gasteiger partial charge in [-0.3, -0.25) is 0 Å². The molecular weight excluding hydrogens is 538 g/mol. The molecule has 194 valence electrons. The molecule has 9 rings (SSSR count). The monoisotopic (exact) mass is 553 g/mol. The number of nitrogens with one attached hydrogen (secondary N) is 1. The van der Waals surface area contributed by atoms with Crippen LogP contribution in [0.2, 0.25) is 0 Å². The van der Waals surface area contributed by atoms with Gasteiger partial charge in [0.05, 0.1) is 27.9 Å². The van der Waals surface area contributed by atoms with Crippen LogP contribution in [-0.4, -0.2) is 34.8 Å². The molecule has 0 fully saturated rings. The molecule has 5 aromatic heterocycles. The Morgan fingerprint density at radius 3 is 2.27 bits per heavy atom. The first kappa shape index (κ1) is 22.2. The van der Waals surface area contributed by atoms with Gasteiger partial charge in [0, 0.05) is 21.9 Å². The molecule has 41 heavy (non-hydrogen) atoms. The van der Waals surface area contributed by atoms with E-state index in [2.05, 4.69) is 24.8 Å². The molecule has 11 heteroatoms. The molecule has 0 saturated heterocycles.